The molecule has 3 aromatic rings. The fourth-order valence-corrected chi connectivity index (χ4v) is 3.37. The van der Waals surface area contributed by atoms with Gasteiger partial charge in [0.1, 0.15) is 12.3 Å². The molecule has 0 aliphatic heterocycles. The van der Waals surface area contributed by atoms with Crippen molar-refractivity contribution in [3.63, 3.8) is 0 Å². The molecule has 8 nitrogen and oxygen atoms in total. The van der Waals surface area contributed by atoms with E-state index in [1.807, 2.05) is 42.5 Å². The number of carbonyl (C=O) groups excluding carboxylic acids is 1. The number of aliphatic imine (C=N–C) groups is 1. The van der Waals surface area contributed by atoms with E-state index < -0.39 is 0 Å². The van der Waals surface area contributed by atoms with Crippen LogP contribution in [0.2, 0.25) is 0 Å². The van der Waals surface area contributed by atoms with Crippen molar-refractivity contribution in [2.45, 2.75) is 32.5 Å². The number of para-hydroxylation sites is 1. The molecule has 0 unspecified atom stereocenters. The highest BCUT2D eigenvalue weighted by Gasteiger charge is 2.22. The Bertz CT molecular complexity index is 1080. The zero-order valence-corrected chi connectivity index (χ0v) is 21.6. The lowest BCUT2D eigenvalue weighted by Gasteiger charge is -2.15. The van der Waals surface area contributed by atoms with E-state index >= 15 is 0 Å². The van der Waals surface area contributed by atoms with E-state index in [1.54, 1.807) is 30.2 Å². The molecule has 1 aliphatic carbocycles. The third-order valence-electron chi connectivity index (χ3n) is 5.35. The van der Waals surface area contributed by atoms with Gasteiger partial charge >= 0.3 is 0 Å². The van der Waals surface area contributed by atoms with Gasteiger partial charge < -0.3 is 20.7 Å². The summed E-state index contributed by atoms with van der Waals surface area (Å²) >= 11 is 0. The smallest absolute Gasteiger partial charge is 0.246 e. The second kappa shape index (κ2) is 13.0. The molecule has 1 heterocycles. The molecule has 0 spiro atoms. The second-order valence-electron chi connectivity index (χ2n) is 8.09. The van der Waals surface area contributed by atoms with Crippen molar-refractivity contribution in [1.82, 2.24) is 20.4 Å². The molecule has 4 rings (SSSR count). The molecule has 34 heavy (non-hydrogen) atoms. The zero-order chi connectivity index (χ0) is 22.9. The number of nitrogens with zero attached hydrogens (tertiary/aromatic N) is 3. The molecule has 1 saturated carbocycles. The highest BCUT2D eigenvalue weighted by atomic mass is 127. The van der Waals surface area contributed by atoms with Crippen LogP contribution in [0.4, 0.5) is 5.69 Å². The summed E-state index contributed by atoms with van der Waals surface area (Å²) < 4.78 is 7.58. The van der Waals surface area contributed by atoms with Crippen LogP contribution >= 0.6 is 24.0 Å². The average molecular weight is 574 g/mol. The molecular weight excluding hydrogens is 543 g/mol. The summed E-state index contributed by atoms with van der Waals surface area (Å²) in [5.74, 6) is 2.21. The number of benzene rings is 2. The molecule has 1 aromatic heterocycles. The van der Waals surface area contributed by atoms with Gasteiger partial charge in [-0.25, -0.2) is 0 Å². The Kier molecular flexibility index (Phi) is 9.75. The van der Waals surface area contributed by atoms with Crippen molar-refractivity contribution >= 4 is 41.5 Å². The Morgan fingerprint density at radius 1 is 1.12 bits per heavy atom. The third-order valence-corrected chi connectivity index (χ3v) is 5.35. The number of rotatable bonds is 10. The van der Waals surface area contributed by atoms with Crippen molar-refractivity contribution in [2.24, 2.45) is 10.9 Å². The summed E-state index contributed by atoms with van der Waals surface area (Å²) in [7, 11) is 1.75. The molecule has 1 aliphatic rings. The number of aromatic nitrogens is 2. The van der Waals surface area contributed by atoms with Gasteiger partial charge in [-0.05, 0) is 48.6 Å². The third kappa shape index (κ3) is 8.05. The van der Waals surface area contributed by atoms with Gasteiger partial charge in [0.25, 0.3) is 0 Å². The van der Waals surface area contributed by atoms with Gasteiger partial charge in [-0.15, -0.1) is 24.0 Å². The van der Waals surface area contributed by atoms with Crippen LogP contribution in [-0.2, 0) is 24.4 Å². The predicted octanol–water partition coefficient (Wildman–Crippen LogP) is 3.79. The number of nitrogens with one attached hydrogen (secondary N) is 3. The molecule has 2 aromatic carbocycles. The molecule has 0 bridgehead atoms. The topological polar surface area (TPSA) is 92.6 Å². The van der Waals surface area contributed by atoms with Crippen molar-refractivity contribution < 1.29 is 9.53 Å². The molecule has 9 heteroatoms. The number of ether oxygens (including phenoxy) is 1. The Balaban J connectivity index is 0.00000324. The van der Waals surface area contributed by atoms with Gasteiger partial charge in [0.15, 0.2) is 5.96 Å². The molecule has 0 atom stereocenters. The van der Waals surface area contributed by atoms with Gasteiger partial charge in [-0.2, -0.15) is 5.10 Å². The molecule has 1 amide bonds. The normalized spacial score (nSPS) is 13.0. The average Bonchev–Trinajstić information content (AvgIpc) is 3.52. The van der Waals surface area contributed by atoms with E-state index in [0.29, 0.717) is 25.0 Å². The summed E-state index contributed by atoms with van der Waals surface area (Å²) in [5.41, 5.74) is 2.88. The van der Waals surface area contributed by atoms with Crippen LogP contribution in [0, 0.1) is 5.92 Å². The Hall–Kier alpha value is -3.08. The molecule has 180 valence electrons. The van der Waals surface area contributed by atoms with Crippen molar-refractivity contribution in [3.8, 4) is 5.75 Å². The van der Waals surface area contributed by atoms with Crippen LogP contribution in [0.15, 0.2) is 72.0 Å². The Labute approximate surface area is 217 Å². The fourth-order valence-electron chi connectivity index (χ4n) is 3.37. The predicted molar refractivity (Wildman–Crippen MR) is 144 cm³/mol. The van der Waals surface area contributed by atoms with E-state index in [4.69, 9.17) is 4.74 Å². The minimum atomic E-state index is -0.121. The van der Waals surface area contributed by atoms with Crippen molar-refractivity contribution in [3.05, 3.63) is 78.1 Å². The standard InChI is InChI=1S/C25H30N6O2.HI/c1-26-25(28-16-21-7-2-3-9-23(21)33-18-19-10-11-19)27-15-20-6-4-8-22(14-20)30-24(32)17-31-13-5-12-29-31;/h2-9,12-14,19H,10-11,15-18H2,1H3,(H,30,32)(H2,26,27,28);1H. The van der Waals surface area contributed by atoms with E-state index in [1.165, 1.54) is 12.8 Å². The number of hydrogen-bond donors (Lipinski definition) is 3. The maximum atomic E-state index is 12.2. The number of halogens is 1. The van der Waals surface area contributed by atoms with Gasteiger partial charge in [-0.3, -0.25) is 14.5 Å². The minimum Gasteiger partial charge on any atom is -0.493 e. The maximum Gasteiger partial charge on any atom is 0.246 e. The maximum absolute atomic E-state index is 12.2. The molecule has 0 saturated heterocycles. The molecular formula is C25H31IN6O2. The lowest BCUT2D eigenvalue weighted by atomic mass is 10.2. The van der Waals surface area contributed by atoms with Crippen LogP contribution in [0.5, 0.6) is 5.75 Å². The van der Waals surface area contributed by atoms with Crippen LogP contribution in [0.25, 0.3) is 0 Å². The number of hydrogen-bond acceptors (Lipinski definition) is 4. The molecule has 3 N–H and O–H groups in total. The zero-order valence-electron chi connectivity index (χ0n) is 19.2. The van der Waals surface area contributed by atoms with E-state index in [0.717, 1.165) is 29.2 Å². The first kappa shape index (κ1) is 25.5. The monoisotopic (exact) mass is 574 g/mol. The first-order chi connectivity index (χ1) is 16.2. The Morgan fingerprint density at radius 2 is 1.94 bits per heavy atom. The lowest BCUT2D eigenvalue weighted by molar-refractivity contribution is -0.116. The Morgan fingerprint density at radius 3 is 2.71 bits per heavy atom. The van der Waals surface area contributed by atoms with Gasteiger partial charge in [-0.1, -0.05) is 30.3 Å². The van der Waals surface area contributed by atoms with Gasteiger partial charge in [0, 0.05) is 43.8 Å². The largest absolute Gasteiger partial charge is 0.493 e. The van der Waals surface area contributed by atoms with E-state index in [-0.39, 0.29) is 36.4 Å². The number of guanidine groups is 1. The van der Waals surface area contributed by atoms with E-state index in [9.17, 15) is 4.79 Å². The summed E-state index contributed by atoms with van der Waals surface area (Å²) in [6.07, 6.45) is 5.95. The molecule has 1 fully saturated rings. The summed E-state index contributed by atoms with van der Waals surface area (Å²) in [5, 5.41) is 13.6. The quantitative estimate of drug-likeness (QED) is 0.195. The summed E-state index contributed by atoms with van der Waals surface area (Å²) in [6, 6.07) is 17.6. The number of anilines is 1. The first-order valence-electron chi connectivity index (χ1n) is 11.2. The van der Waals surface area contributed by atoms with Crippen molar-refractivity contribution in [2.75, 3.05) is 19.0 Å². The lowest BCUT2D eigenvalue weighted by Crippen LogP contribution is -2.36. The van der Waals surface area contributed by atoms with Crippen LogP contribution < -0.4 is 20.7 Å². The van der Waals surface area contributed by atoms with Crippen LogP contribution in [0.3, 0.4) is 0 Å². The summed E-state index contributed by atoms with van der Waals surface area (Å²) in [4.78, 5) is 16.5. The highest BCUT2D eigenvalue weighted by Crippen LogP contribution is 2.30. The van der Waals surface area contributed by atoms with Gasteiger partial charge in [0.2, 0.25) is 5.91 Å². The highest BCUT2D eigenvalue weighted by molar-refractivity contribution is 14.0. The van der Waals surface area contributed by atoms with Gasteiger partial charge in [0.05, 0.1) is 6.61 Å². The fraction of sp³-hybridized carbons (Fsp3) is 0.320. The number of amides is 1. The minimum absolute atomic E-state index is 0. The SMILES string of the molecule is CN=C(NCc1cccc(NC(=O)Cn2cccn2)c1)NCc1ccccc1OCC1CC1.I. The first-order valence-corrected chi connectivity index (χ1v) is 11.2. The van der Waals surface area contributed by atoms with Crippen molar-refractivity contribution in [1.29, 1.82) is 0 Å². The summed E-state index contributed by atoms with van der Waals surface area (Å²) in [6.45, 7) is 2.16. The van der Waals surface area contributed by atoms with E-state index in [2.05, 4.69) is 32.1 Å². The number of carbonyl (C=O) groups is 1. The second-order valence-corrected chi connectivity index (χ2v) is 8.09. The van der Waals surface area contributed by atoms with Crippen LogP contribution in [-0.4, -0.2) is 35.3 Å². The molecule has 0 radical (unpaired) electrons. The van der Waals surface area contributed by atoms with Crippen LogP contribution in [0.1, 0.15) is 24.0 Å².